The van der Waals surface area contributed by atoms with E-state index < -0.39 is 0 Å². The second kappa shape index (κ2) is 4.18. The third-order valence-corrected chi connectivity index (χ3v) is 3.01. The molecule has 0 bridgehead atoms. The van der Waals surface area contributed by atoms with Crippen LogP contribution >= 0.6 is 0 Å². The van der Waals surface area contributed by atoms with E-state index in [1.807, 2.05) is 4.90 Å². The largest absolute Gasteiger partial charge is 0.355 e. The van der Waals surface area contributed by atoms with E-state index in [2.05, 4.69) is 17.6 Å². The molecule has 0 saturated carbocycles. The summed E-state index contributed by atoms with van der Waals surface area (Å²) in [5, 5.41) is 5.99. The fourth-order valence-electron chi connectivity index (χ4n) is 2.17. The van der Waals surface area contributed by atoms with Gasteiger partial charge in [-0.15, -0.1) is 0 Å². The van der Waals surface area contributed by atoms with Gasteiger partial charge in [-0.1, -0.05) is 0 Å². The summed E-state index contributed by atoms with van der Waals surface area (Å²) in [6.07, 6.45) is 0.358. The highest BCUT2D eigenvalue weighted by Gasteiger charge is 2.32. The van der Waals surface area contributed by atoms with Crippen LogP contribution in [0.25, 0.3) is 0 Å². The molecule has 2 atom stereocenters. The summed E-state index contributed by atoms with van der Waals surface area (Å²) in [6, 6.07) is 0.354. The maximum Gasteiger partial charge on any atom is 0.228 e. The SMILES string of the molecule is C[C@H]1CN(C(=O)C2CNC(=O)C2)CCN1. The summed E-state index contributed by atoms with van der Waals surface area (Å²) in [5.41, 5.74) is 0. The maximum absolute atomic E-state index is 12.0. The molecule has 2 fully saturated rings. The number of nitrogens with zero attached hydrogens (tertiary/aromatic N) is 1. The van der Waals surface area contributed by atoms with Gasteiger partial charge in [0.05, 0.1) is 5.92 Å². The molecule has 2 aliphatic heterocycles. The predicted octanol–water partition coefficient (Wildman–Crippen LogP) is -1.06. The summed E-state index contributed by atoms with van der Waals surface area (Å²) in [6.45, 7) is 4.94. The van der Waals surface area contributed by atoms with Gasteiger partial charge in [-0.05, 0) is 6.92 Å². The van der Waals surface area contributed by atoms with Gasteiger partial charge in [-0.25, -0.2) is 0 Å². The van der Waals surface area contributed by atoms with E-state index in [0.29, 0.717) is 19.0 Å². The lowest BCUT2D eigenvalue weighted by Gasteiger charge is -2.33. The van der Waals surface area contributed by atoms with Crippen molar-refractivity contribution >= 4 is 11.8 Å². The van der Waals surface area contributed by atoms with Crippen LogP contribution in [0.3, 0.4) is 0 Å². The van der Waals surface area contributed by atoms with Gasteiger partial charge in [0, 0.05) is 38.6 Å². The minimum absolute atomic E-state index is 0.00321. The van der Waals surface area contributed by atoms with Crippen molar-refractivity contribution in [3.63, 3.8) is 0 Å². The van der Waals surface area contributed by atoms with E-state index in [9.17, 15) is 9.59 Å². The van der Waals surface area contributed by atoms with Crippen molar-refractivity contribution in [3.8, 4) is 0 Å². The normalized spacial score (nSPS) is 31.5. The highest BCUT2D eigenvalue weighted by atomic mass is 16.2. The third-order valence-electron chi connectivity index (χ3n) is 3.01. The van der Waals surface area contributed by atoms with Crippen molar-refractivity contribution in [2.24, 2.45) is 5.92 Å². The molecule has 2 saturated heterocycles. The Morgan fingerprint density at radius 1 is 1.53 bits per heavy atom. The van der Waals surface area contributed by atoms with Crippen LogP contribution in [0.1, 0.15) is 13.3 Å². The molecule has 0 aromatic rings. The zero-order valence-corrected chi connectivity index (χ0v) is 8.95. The lowest BCUT2D eigenvalue weighted by molar-refractivity contribution is -0.136. The molecule has 2 N–H and O–H groups in total. The smallest absolute Gasteiger partial charge is 0.228 e. The van der Waals surface area contributed by atoms with Crippen LogP contribution in [0.4, 0.5) is 0 Å². The lowest BCUT2D eigenvalue weighted by atomic mass is 10.1. The molecule has 15 heavy (non-hydrogen) atoms. The van der Waals surface area contributed by atoms with Crippen LogP contribution in [0.15, 0.2) is 0 Å². The predicted molar refractivity (Wildman–Crippen MR) is 55.2 cm³/mol. The van der Waals surface area contributed by atoms with Gasteiger partial charge in [0.15, 0.2) is 0 Å². The van der Waals surface area contributed by atoms with Gasteiger partial charge in [-0.3, -0.25) is 9.59 Å². The molecule has 0 radical (unpaired) electrons. The Kier molecular flexibility index (Phi) is 2.90. The Bertz CT molecular complexity index is 280. The first-order chi connectivity index (χ1) is 7.16. The van der Waals surface area contributed by atoms with Gasteiger partial charge in [0.1, 0.15) is 0 Å². The van der Waals surface area contributed by atoms with Crippen LogP contribution in [-0.2, 0) is 9.59 Å². The molecule has 2 heterocycles. The average Bonchev–Trinajstić information content (AvgIpc) is 2.64. The van der Waals surface area contributed by atoms with Crippen molar-refractivity contribution in [2.75, 3.05) is 26.2 Å². The van der Waals surface area contributed by atoms with Crippen LogP contribution in [0.2, 0.25) is 0 Å². The Labute approximate surface area is 89.2 Å². The number of nitrogens with one attached hydrogen (secondary N) is 2. The maximum atomic E-state index is 12.0. The third kappa shape index (κ3) is 2.28. The van der Waals surface area contributed by atoms with E-state index in [1.54, 1.807) is 0 Å². The number of carbonyl (C=O) groups is 2. The Morgan fingerprint density at radius 2 is 2.33 bits per heavy atom. The summed E-state index contributed by atoms with van der Waals surface area (Å²) in [4.78, 5) is 24.9. The molecule has 0 aromatic carbocycles. The Balaban J connectivity index is 1.92. The Morgan fingerprint density at radius 3 is 2.93 bits per heavy atom. The minimum Gasteiger partial charge on any atom is -0.355 e. The first-order valence-electron chi connectivity index (χ1n) is 5.45. The number of amides is 2. The first-order valence-corrected chi connectivity index (χ1v) is 5.45. The van der Waals surface area contributed by atoms with Crippen LogP contribution in [0, 0.1) is 5.92 Å². The van der Waals surface area contributed by atoms with Gasteiger partial charge >= 0.3 is 0 Å². The van der Waals surface area contributed by atoms with Gasteiger partial charge in [0.25, 0.3) is 0 Å². The van der Waals surface area contributed by atoms with E-state index in [4.69, 9.17) is 0 Å². The molecule has 2 amide bonds. The lowest BCUT2D eigenvalue weighted by Crippen LogP contribution is -2.53. The standard InChI is InChI=1S/C10H17N3O2/c1-7-6-13(3-2-11-7)10(15)8-4-9(14)12-5-8/h7-8,11H,2-6H2,1H3,(H,12,14)/t7-,8?/m0/s1. The quantitative estimate of drug-likeness (QED) is 0.581. The second-order valence-corrected chi connectivity index (χ2v) is 4.34. The highest BCUT2D eigenvalue weighted by molar-refractivity contribution is 5.89. The minimum atomic E-state index is -0.136. The van der Waals surface area contributed by atoms with E-state index in [0.717, 1.165) is 19.6 Å². The van der Waals surface area contributed by atoms with Crippen molar-refractivity contribution in [1.29, 1.82) is 0 Å². The molecular weight excluding hydrogens is 194 g/mol. The summed E-state index contributed by atoms with van der Waals surface area (Å²) < 4.78 is 0. The topological polar surface area (TPSA) is 61.4 Å². The highest BCUT2D eigenvalue weighted by Crippen LogP contribution is 2.13. The van der Waals surface area contributed by atoms with E-state index >= 15 is 0 Å². The van der Waals surface area contributed by atoms with Crippen LogP contribution in [-0.4, -0.2) is 48.9 Å². The molecule has 5 nitrogen and oxygen atoms in total. The molecule has 0 spiro atoms. The molecule has 5 heteroatoms. The van der Waals surface area contributed by atoms with Gasteiger partial charge < -0.3 is 15.5 Å². The fourth-order valence-corrected chi connectivity index (χ4v) is 2.17. The number of hydrogen-bond acceptors (Lipinski definition) is 3. The number of rotatable bonds is 1. The van der Waals surface area contributed by atoms with Gasteiger partial charge in [0.2, 0.25) is 11.8 Å². The molecule has 2 rings (SSSR count). The first kappa shape index (κ1) is 10.4. The monoisotopic (exact) mass is 211 g/mol. The molecule has 2 aliphatic rings. The van der Waals surface area contributed by atoms with E-state index in [1.165, 1.54) is 0 Å². The zero-order chi connectivity index (χ0) is 10.8. The number of hydrogen-bond donors (Lipinski definition) is 2. The Hall–Kier alpha value is -1.10. The number of carbonyl (C=O) groups excluding carboxylic acids is 2. The van der Waals surface area contributed by atoms with Crippen molar-refractivity contribution < 1.29 is 9.59 Å². The van der Waals surface area contributed by atoms with E-state index in [-0.39, 0.29) is 17.7 Å². The molecule has 84 valence electrons. The molecule has 1 unspecified atom stereocenters. The molecular formula is C10H17N3O2. The zero-order valence-electron chi connectivity index (χ0n) is 8.95. The second-order valence-electron chi connectivity index (χ2n) is 4.34. The van der Waals surface area contributed by atoms with Gasteiger partial charge in [-0.2, -0.15) is 0 Å². The summed E-state index contributed by atoms with van der Waals surface area (Å²) >= 11 is 0. The van der Waals surface area contributed by atoms with Crippen LogP contribution in [0.5, 0.6) is 0 Å². The van der Waals surface area contributed by atoms with Crippen LogP contribution < -0.4 is 10.6 Å². The summed E-state index contributed by atoms with van der Waals surface area (Å²) in [5.74, 6) is -0.0129. The van der Waals surface area contributed by atoms with Crippen molar-refractivity contribution in [3.05, 3.63) is 0 Å². The molecule has 0 aliphatic carbocycles. The summed E-state index contributed by atoms with van der Waals surface area (Å²) in [7, 11) is 0. The molecule has 0 aromatic heterocycles. The van der Waals surface area contributed by atoms with Crippen molar-refractivity contribution in [1.82, 2.24) is 15.5 Å². The fraction of sp³-hybridized carbons (Fsp3) is 0.800. The number of piperazine rings is 1. The average molecular weight is 211 g/mol. The van der Waals surface area contributed by atoms with Crippen molar-refractivity contribution in [2.45, 2.75) is 19.4 Å².